The molecule has 0 aromatic rings. The minimum absolute atomic E-state index is 0.0701. The molecule has 0 radical (unpaired) electrons. The summed E-state index contributed by atoms with van der Waals surface area (Å²) in [6.45, 7) is 4.05. The smallest absolute Gasteiger partial charge is 0.306 e. The van der Waals surface area contributed by atoms with E-state index in [-0.39, 0.29) is 25.2 Å². The molecule has 0 bridgehead atoms. The monoisotopic (exact) mass is 576 g/mol. The fourth-order valence-corrected chi connectivity index (χ4v) is 4.56. The molecule has 0 spiro atoms. The lowest BCUT2D eigenvalue weighted by Crippen LogP contribution is -2.28. The Morgan fingerprint density at radius 2 is 0.976 bits per heavy atom. The number of unbranched alkanes of at least 4 members (excludes halogenated alkanes) is 16. The van der Waals surface area contributed by atoms with Crippen LogP contribution in [0.3, 0.4) is 0 Å². The first-order valence-electron chi connectivity index (χ1n) is 17.0. The molecule has 0 saturated carbocycles. The van der Waals surface area contributed by atoms with Crippen molar-refractivity contribution in [3.63, 3.8) is 0 Å². The number of ether oxygens (including phenoxy) is 2. The maximum Gasteiger partial charge on any atom is 0.306 e. The molecule has 0 aliphatic rings. The van der Waals surface area contributed by atoms with Gasteiger partial charge in [0.1, 0.15) is 6.61 Å². The molecule has 5 nitrogen and oxygen atoms in total. The maximum absolute atomic E-state index is 12.1. The summed E-state index contributed by atoms with van der Waals surface area (Å²) in [4.78, 5) is 24.0. The van der Waals surface area contributed by atoms with Crippen molar-refractivity contribution < 1.29 is 24.2 Å². The standard InChI is InChI=1S/C36H64O5/c1-3-5-7-9-11-13-14-15-16-17-18-19-20-21-22-23-25-27-29-31-36(39)41-34(32-37)33-40-35(38)30-28-26-24-12-10-8-6-4-2/h11,13,15-16,18-19,34,37H,3-10,12,14,17,20-33H2,1-2H3/b13-11-,16-15-,19-18-. The van der Waals surface area contributed by atoms with Crippen LogP contribution in [0.5, 0.6) is 0 Å². The number of hydrogen-bond donors (Lipinski definition) is 1. The van der Waals surface area contributed by atoms with Crippen molar-refractivity contribution in [3.05, 3.63) is 36.5 Å². The fourth-order valence-electron chi connectivity index (χ4n) is 4.56. The first-order chi connectivity index (χ1) is 20.1. The second kappa shape index (κ2) is 32.6. The van der Waals surface area contributed by atoms with Crippen molar-refractivity contribution in [1.29, 1.82) is 0 Å². The Bertz CT molecular complexity index is 667. The zero-order valence-electron chi connectivity index (χ0n) is 26.8. The summed E-state index contributed by atoms with van der Waals surface area (Å²) in [7, 11) is 0. The lowest BCUT2D eigenvalue weighted by Gasteiger charge is -2.15. The largest absolute Gasteiger partial charge is 0.462 e. The minimum Gasteiger partial charge on any atom is -0.462 e. The van der Waals surface area contributed by atoms with E-state index in [1.807, 2.05) is 0 Å². The molecule has 5 heteroatoms. The highest BCUT2D eigenvalue weighted by atomic mass is 16.6. The number of hydrogen-bond acceptors (Lipinski definition) is 5. The molecule has 0 fully saturated rings. The molecule has 1 unspecified atom stereocenters. The number of aliphatic hydroxyl groups is 1. The van der Waals surface area contributed by atoms with Crippen molar-refractivity contribution in [2.75, 3.05) is 13.2 Å². The summed E-state index contributed by atoms with van der Waals surface area (Å²) < 4.78 is 10.5. The lowest BCUT2D eigenvalue weighted by atomic mass is 10.1. The Balaban J connectivity index is 3.60. The molecule has 1 atom stereocenters. The van der Waals surface area contributed by atoms with E-state index in [0.717, 1.165) is 57.8 Å². The summed E-state index contributed by atoms with van der Waals surface area (Å²) in [5.41, 5.74) is 0. The van der Waals surface area contributed by atoms with Crippen LogP contribution < -0.4 is 0 Å². The summed E-state index contributed by atoms with van der Waals surface area (Å²) in [5, 5.41) is 9.48. The van der Waals surface area contributed by atoms with Gasteiger partial charge in [0.25, 0.3) is 0 Å². The zero-order chi connectivity index (χ0) is 30.1. The van der Waals surface area contributed by atoms with Crippen LogP contribution in [0.15, 0.2) is 36.5 Å². The highest BCUT2D eigenvalue weighted by Gasteiger charge is 2.16. The predicted octanol–water partition coefficient (Wildman–Crippen LogP) is 10.1. The highest BCUT2D eigenvalue weighted by Crippen LogP contribution is 2.12. The first kappa shape index (κ1) is 39.1. The molecule has 0 amide bonds. The molecule has 238 valence electrons. The Morgan fingerprint density at radius 3 is 1.51 bits per heavy atom. The van der Waals surface area contributed by atoms with Gasteiger partial charge in [0.05, 0.1) is 6.61 Å². The van der Waals surface area contributed by atoms with E-state index in [1.54, 1.807) is 0 Å². The average molecular weight is 577 g/mol. The molecule has 0 saturated heterocycles. The quantitative estimate of drug-likeness (QED) is 0.0523. The van der Waals surface area contributed by atoms with E-state index in [4.69, 9.17) is 9.47 Å². The predicted molar refractivity (Wildman–Crippen MR) is 173 cm³/mol. The van der Waals surface area contributed by atoms with Gasteiger partial charge in [-0.2, -0.15) is 0 Å². The average Bonchev–Trinajstić information content (AvgIpc) is 2.97. The fraction of sp³-hybridized carbons (Fsp3) is 0.778. The summed E-state index contributed by atoms with van der Waals surface area (Å²) in [5.74, 6) is -0.611. The number of carbonyl (C=O) groups excluding carboxylic acids is 2. The number of aliphatic hydroxyl groups excluding tert-OH is 1. The van der Waals surface area contributed by atoms with E-state index in [0.29, 0.717) is 12.8 Å². The summed E-state index contributed by atoms with van der Waals surface area (Å²) >= 11 is 0. The molecule has 0 aromatic heterocycles. The third-order valence-corrected chi connectivity index (χ3v) is 7.19. The third kappa shape index (κ3) is 30.9. The van der Waals surface area contributed by atoms with Crippen molar-refractivity contribution in [2.24, 2.45) is 0 Å². The Kier molecular flexibility index (Phi) is 31.1. The van der Waals surface area contributed by atoms with E-state index in [2.05, 4.69) is 50.3 Å². The second-order valence-electron chi connectivity index (χ2n) is 11.2. The molecular weight excluding hydrogens is 512 g/mol. The third-order valence-electron chi connectivity index (χ3n) is 7.19. The molecule has 0 rings (SSSR count). The summed E-state index contributed by atoms with van der Waals surface area (Å²) in [6, 6.07) is 0. The van der Waals surface area contributed by atoms with Crippen LogP contribution in [0.4, 0.5) is 0 Å². The van der Waals surface area contributed by atoms with Crippen LogP contribution in [0.25, 0.3) is 0 Å². The van der Waals surface area contributed by atoms with E-state index >= 15 is 0 Å². The van der Waals surface area contributed by atoms with Gasteiger partial charge in [0, 0.05) is 12.8 Å². The molecule has 0 aliphatic heterocycles. The molecule has 1 N–H and O–H groups in total. The van der Waals surface area contributed by atoms with Crippen molar-refractivity contribution in [3.8, 4) is 0 Å². The van der Waals surface area contributed by atoms with E-state index in [1.165, 1.54) is 77.0 Å². The van der Waals surface area contributed by atoms with Crippen LogP contribution in [0.2, 0.25) is 0 Å². The van der Waals surface area contributed by atoms with Crippen molar-refractivity contribution >= 4 is 11.9 Å². The molecule has 0 aromatic carbocycles. The van der Waals surface area contributed by atoms with E-state index < -0.39 is 6.10 Å². The van der Waals surface area contributed by atoms with Crippen LogP contribution in [0, 0.1) is 0 Å². The Hall–Kier alpha value is -1.88. The van der Waals surface area contributed by atoms with E-state index in [9.17, 15) is 14.7 Å². The van der Waals surface area contributed by atoms with Gasteiger partial charge < -0.3 is 14.6 Å². The molecular formula is C36H64O5. The first-order valence-corrected chi connectivity index (χ1v) is 17.0. The highest BCUT2D eigenvalue weighted by molar-refractivity contribution is 5.70. The van der Waals surface area contributed by atoms with Gasteiger partial charge in [-0.15, -0.1) is 0 Å². The van der Waals surface area contributed by atoms with Crippen LogP contribution in [-0.4, -0.2) is 36.4 Å². The van der Waals surface area contributed by atoms with Crippen LogP contribution >= 0.6 is 0 Å². The van der Waals surface area contributed by atoms with Crippen molar-refractivity contribution in [2.45, 2.75) is 168 Å². The molecule has 0 aliphatic carbocycles. The van der Waals surface area contributed by atoms with Crippen LogP contribution in [0.1, 0.15) is 162 Å². The van der Waals surface area contributed by atoms with Gasteiger partial charge in [-0.05, 0) is 51.4 Å². The van der Waals surface area contributed by atoms with Gasteiger partial charge in [-0.25, -0.2) is 0 Å². The number of esters is 2. The lowest BCUT2D eigenvalue weighted by molar-refractivity contribution is -0.161. The van der Waals surface area contributed by atoms with Gasteiger partial charge in [-0.1, -0.05) is 134 Å². The number of carbonyl (C=O) groups is 2. The van der Waals surface area contributed by atoms with Gasteiger partial charge in [0.15, 0.2) is 6.10 Å². The normalized spacial score (nSPS) is 12.6. The Labute approximate surface area is 253 Å². The number of allylic oxidation sites excluding steroid dienone is 6. The molecule has 41 heavy (non-hydrogen) atoms. The SMILES string of the molecule is CCCCC/C=C\C/C=C\C/C=C\CCCCCCCCC(=O)OC(CO)COC(=O)CCCCCCCCCC. The topological polar surface area (TPSA) is 72.8 Å². The maximum atomic E-state index is 12.1. The van der Waals surface area contributed by atoms with Crippen LogP contribution in [-0.2, 0) is 19.1 Å². The molecule has 0 heterocycles. The summed E-state index contributed by atoms with van der Waals surface area (Å²) in [6.07, 6.45) is 37.7. The van der Waals surface area contributed by atoms with Gasteiger partial charge >= 0.3 is 11.9 Å². The van der Waals surface area contributed by atoms with Gasteiger partial charge in [-0.3, -0.25) is 9.59 Å². The number of rotatable bonds is 30. The minimum atomic E-state index is -0.772. The van der Waals surface area contributed by atoms with Gasteiger partial charge in [0.2, 0.25) is 0 Å². The van der Waals surface area contributed by atoms with Crippen molar-refractivity contribution in [1.82, 2.24) is 0 Å². The second-order valence-corrected chi connectivity index (χ2v) is 11.2. The zero-order valence-corrected chi connectivity index (χ0v) is 26.8. The Morgan fingerprint density at radius 1 is 0.561 bits per heavy atom.